The van der Waals surface area contributed by atoms with E-state index in [-0.39, 0.29) is 16.8 Å². The Hall–Kier alpha value is -4.26. The zero-order valence-corrected chi connectivity index (χ0v) is 14.9. The van der Waals surface area contributed by atoms with Crippen molar-refractivity contribution in [3.05, 3.63) is 75.8 Å². The van der Waals surface area contributed by atoms with Gasteiger partial charge < -0.3 is 11.5 Å². The molecule has 0 heterocycles. The normalized spacial score (nSPS) is 11.6. The molecule has 0 saturated heterocycles. The second kappa shape index (κ2) is 5.62. The predicted octanol–water partition coefficient (Wildman–Crippen LogP) is 3.84. The fraction of sp³-hybridized carbons (Fsp3) is 0. The van der Waals surface area contributed by atoms with Crippen LogP contribution < -0.4 is 11.5 Å². The number of hydrogen-bond acceptors (Lipinski definition) is 4. The molecule has 7 heteroatoms. The molecule has 0 saturated carbocycles. The summed E-state index contributed by atoms with van der Waals surface area (Å²) in [5.41, 5.74) is 11.5. The van der Waals surface area contributed by atoms with Crippen LogP contribution in [0.3, 0.4) is 0 Å². The lowest BCUT2D eigenvalue weighted by Crippen LogP contribution is -2.16. The highest BCUT2D eigenvalue weighted by Gasteiger charge is 2.22. The first kappa shape index (κ1) is 16.9. The first-order chi connectivity index (χ1) is 13.9. The number of primary amides is 2. The fourth-order valence-corrected chi connectivity index (χ4v) is 4.31. The minimum Gasteiger partial charge on any atom is -0.366 e. The van der Waals surface area contributed by atoms with Crippen LogP contribution in [0.5, 0.6) is 0 Å². The van der Waals surface area contributed by atoms with Crippen molar-refractivity contribution in [1.29, 1.82) is 0 Å². The second-order valence-corrected chi connectivity index (χ2v) is 6.95. The lowest BCUT2D eigenvalue weighted by atomic mass is 9.86. The van der Waals surface area contributed by atoms with Crippen molar-refractivity contribution >= 4 is 60.6 Å². The molecule has 5 rings (SSSR count). The number of carbonyl (C=O) groups excluding carboxylic acids is 2. The average Bonchev–Trinajstić information content (AvgIpc) is 2.70. The third kappa shape index (κ3) is 2.18. The SMILES string of the molecule is NC(=O)c1ccc2c3cccc4cc([N+](=O)[O-])cc(c5ccc(C(N)=O)c1c25)c43. The van der Waals surface area contributed by atoms with Crippen molar-refractivity contribution in [3.8, 4) is 0 Å². The molecule has 0 spiro atoms. The summed E-state index contributed by atoms with van der Waals surface area (Å²) in [5, 5.41) is 17.1. The van der Waals surface area contributed by atoms with E-state index < -0.39 is 16.7 Å². The summed E-state index contributed by atoms with van der Waals surface area (Å²) >= 11 is 0. The molecule has 0 bridgehead atoms. The number of carbonyl (C=O) groups is 2. The first-order valence-corrected chi connectivity index (χ1v) is 8.79. The van der Waals surface area contributed by atoms with Crippen LogP contribution in [-0.4, -0.2) is 16.7 Å². The average molecular weight is 383 g/mol. The summed E-state index contributed by atoms with van der Waals surface area (Å²) in [7, 11) is 0. The summed E-state index contributed by atoms with van der Waals surface area (Å²) in [4.78, 5) is 35.2. The predicted molar refractivity (Wildman–Crippen MR) is 111 cm³/mol. The Morgan fingerprint density at radius 2 is 1.31 bits per heavy atom. The van der Waals surface area contributed by atoms with E-state index >= 15 is 0 Å². The largest absolute Gasteiger partial charge is 0.366 e. The molecule has 4 N–H and O–H groups in total. The summed E-state index contributed by atoms with van der Waals surface area (Å²) in [6, 6.07) is 15.2. The van der Waals surface area contributed by atoms with Gasteiger partial charge in [0, 0.05) is 28.6 Å². The Balaban J connectivity index is 2.17. The quantitative estimate of drug-likeness (QED) is 0.212. The van der Waals surface area contributed by atoms with E-state index in [0.717, 1.165) is 21.5 Å². The monoisotopic (exact) mass is 383 g/mol. The maximum Gasteiger partial charge on any atom is 0.270 e. The number of nitro benzene ring substituents is 1. The Morgan fingerprint density at radius 1 is 0.724 bits per heavy atom. The lowest BCUT2D eigenvalue weighted by molar-refractivity contribution is -0.384. The van der Waals surface area contributed by atoms with Gasteiger partial charge in [-0.3, -0.25) is 19.7 Å². The molecular formula is C22H13N3O4. The van der Waals surface area contributed by atoms with Crippen molar-refractivity contribution in [3.63, 3.8) is 0 Å². The van der Waals surface area contributed by atoms with E-state index in [0.29, 0.717) is 21.5 Å². The van der Waals surface area contributed by atoms with E-state index in [2.05, 4.69) is 0 Å². The number of nitrogens with zero attached hydrogens (tertiary/aromatic N) is 1. The van der Waals surface area contributed by atoms with E-state index in [1.165, 1.54) is 12.1 Å². The van der Waals surface area contributed by atoms with Crippen molar-refractivity contribution in [2.75, 3.05) is 0 Å². The minimum absolute atomic E-state index is 0.0358. The highest BCUT2D eigenvalue weighted by Crippen LogP contribution is 2.43. The van der Waals surface area contributed by atoms with Gasteiger partial charge in [0.15, 0.2) is 0 Å². The van der Waals surface area contributed by atoms with Crippen LogP contribution >= 0.6 is 0 Å². The number of fused-ring (bicyclic) bond motifs is 2. The Bertz CT molecular complexity index is 1520. The van der Waals surface area contributed by atoms with Gasteiger partial charge in [-0.2, -0.15) is 0 Å². The third-order valence-corrected chi connectivity index (χ3v) is 5.44. The van der Waals surface area contributed by atoms with Gasteiger partial charge in [0.1, 0.15) is 0 Å². The molecule has 140 valence electrons. The van der Waals surface area contributed by atoms with Gasteiger partial charge in [-0.05, 0) is 49.8 Å². The number of amides is 2. The van der Waals surface area contributed by atoms with Crippen molar-refractivity contribution in [2.24, 2.45) is 11.5 Å². The van der Waals surface area contributed by atoms with Crippen LogP contribution in [-0.2, 0) is 0 Å². The van der Waals surface area contributed by atoms with Gasteiger partial charge in [-0.1, -0.05) is 30.3 Å². The Kier molecular flexibility index (Phi) is 3.27. The number of nitrogens with two attached hydrogens (primary N) is 2. The summed E-state index contributed by atoms with van der Waals surface area (Å²) < 4.78 is 0. The lowest BCUT2D eigenvalue weighted by Gasteiger charge is -2.17. The highest BCUT2D eigenvalue weighted by atomic mass is 16.6. The van der Waals surface area contributed by atoms with E-state index in [4.69, 9.17) is 11.5 Å². The fourth-order valence-electron chi connectivity index (χ4n) is 4.31. The van der Waals surface area contributed by atoms with Gasteiger partial charge >= 0.3 is 0 Å². The topological polar surface area (TPSA) is 129 Å². The van der Waals surface area contributed by atoms with Gasteiger partial charge in [-0.15, -0.1) is 0 Å². The smallest absolute Gasteiger partial charge is 0.270 e. The van der Waals surface area contributed by atoms with Crippen LogP contribution in [0.4, 0.5) is 5.69 Å². The molecule has 0 aliphatic carbocycles. The van der Waals surface area contributed by atoms with Crippen molar-refractivity contribution < 1.29 is 14.5 Å². The number of nitro groups is 1. The highest BCUT2D eigenvalue weighted by molar-refractivity contribution is 6.36. The molecule has 0 aliphatic heterocycles. The zero-order valence-electron chi connectivity index (χ0n) is 14.9. The van der Waals surface area contributed by atoms with E-state index in [9.17, 15) is 19.7 Å². The molecule has 29 heavy (non-hydrogen) atoms. The van der Waals surface area contributed by atoms with Crippen LogP contribution in [0.1, 0.15) is 20.7 Å². The molecule has 0 aliphatic rings. The van der Waals surface area contributed by atoms with Gasteiger partial charge in [0.2, 0.25) is 11.8 Å². The third-order valence-electron chi connectivity index (χ3n) is 5.44. The summed E-state index contributed by atoms with van der Waals surface area (Å²) in [5.74, 6) is -1.36. The number of hydrogen-bond donors (Lipinski definition) is 2. The maximum atomic E-state index is 12.1. The Labute approximate surface area is 163 Å². The molecule has 2 amide bonds. The maximum absolute atomic E-state index is 12.1. The molecule has 7 nitrogen and oxygen atoms in total. The number of non-ortho nitro benzene ring substituents is 1. The standard InChI is InChI=1S/C22H13N3O4/c23-21(26)15-6-4-13-12-3-1-2-10-8-11(25(28)29)9-17(18(10)12)14-5-7-16(22(24)27)20(15)19(13)14/h1-9H,(H2,23,26)(H2,24,27). The number of rotatable bonds is 3. The summed E-state index contributed by atoms with van der Waals surface area (Å²) in [6.07, 6.45) is 0. The molecule has 0 atom stereocenters. The molecule has 0 fully saturated rings. The minimum atomic E-state index is -0.681. The van der Waals surface area contributed by atoms with Gasteiger partial charge in [0.05, 0.1) is 4.92 Å². The Morgan fingerprint density at radius 3 is 1.90 bits per heavy atom. The molecule has 5 aromatic rings. The van der Waals surface area contributed by atoms with Crippen LogP contribution in [0, 0.1) is 10.1 Å². The van der Waals surface area contributed by atoms with Crippen LogP contribution in [0.25, 0.3) is 43.1 Å². The number of benzene rings is 5. The molecule has 0 radical (unpaired) electrons. The molecule has 0 aromatic heterocycles. The molecule has 5 aromatic carbocycles. The summed E-state index contributed by atoms with van der Waals surface area (Å²) in [6.45, 7) is 0. The van der Waals surface area contributed by atoms with Crippen molar-refractivity contribution in [1.82, 2.24) is 0 Å². The van der Waals surface area contributed by atoms with Crippen LogP contribution in [0.15, 0.2) is 54.6 Å². The molecular weight excluding hydrogens is 370 g/mol. The van der Waals surface area contributed by atoms with Crippen LogP contribution in [0.2, 0.25) is 0 Å². The van der Waals surface area contributed by atoms with Crippen molar-refractivity contribution in [2.45, 2.75) is 0 Å². The van der Waals surface area contributed by atoms with Gasteiger partial charge in [-0.25, -0.2) is 0 Å². The second-order valence-electron chi connectivity index (χ2n) is 6.95. The first-order valence-electron chi connectivity index (χ1n) is 8.79. The van der Waals surface area contributed by atoms with E-state index in [1.807, 2.05) is 18.2 Å². The zero-order chi connectivity index (χ0) is 20.4. The van der Waals surface area contributed by atoms with E-state index in [1.54, 1.807) is 24.3 Å². The molecule has 0 unspecified atom stereocenters. The van der Waals surface area contributed by atoms with Gasteiger partial charge in [0.25, 0.3) is 5.69 Å².